The average Bonchev–Trinajstić information content (AvgIpc) is 3.17. The van der Waals surface area contributed by atoms with Crippen LogP contribution in [0.1, 0.15) is 5.69 Å². The molecule has 0 saturated carbocycles. The van der Waals surface area contributed by atoms with Crippen molar-refractivity contribution in [2.24, 2.45) is 0 Å². The van der Waals surface area contributed by atoms with Gasteiger partial charge in [0.25, 0.3) is 0 Å². The van der Waals surface area contributed by atoms with E-state index in [4.69, 9.17) is 0 Å². The monoisotopic (exact) mass is 344 g/mol. The number of nitrogens with zero attached hydrogens (tertiary/aromatic N) is 2. The molecule has 0 amide bonds. The Hall–Kier alpha value is -2.77. The van der Waals surface area contributed by atoms with Gasteiger partial charge in [-0.1, -0.05) is 84.1 Å². The minimum atomic E-state index is -0.479. The molecule has 4 heteroatoms. The van der Waals surface area contributed by atoms with Gasteiger partial charge in [-0.2, -0.15) is 0 Å². The van der Waals surface area contributed by atoms with Crippen LogP contribution in [0.5, 0.6) is 0 Å². The van der Waals surface area contributed by atoms with Crippen LogP contribution in [0.25, 0.3) is 5.69 Å². The summed E-state index contributed by atoms with van der Waals surface area (Å²) < 4.78 is 1.97. The third kappa shape index (κ3) is 3.67. The summed E-state index contributed by atoms with van der Waals surface area (Å²) in [6.07, 6.45) is 3.01. The lowest BCUT2D eigenvalue weighted by atomic mass is 10.3. The Morgan fingerprint density at radius 2 is 1.24 bits per heavy atom. The van der Waals surface area contributed by atoms with Gasteiger partial charge in [-0.3, -0.25) is 0 Å². The molecule has 0 aliphatic rings. The number of benzene rings is 3. The first-order chi connectivity index (χ1) is 12.4. The number of hydrogen-bond acceptors (Lipinski definition) is 1. The zero-order chi connectivity index (χ0) is 16.9. The van der Waals surface area contributed by atoms with E-state index in [0.29, 0.717) is 0 Å². The van der Waals surface area contributed by atoms with E-state index in [1.807, 2.05) is 22.9 Å². The molecule has 0 aliphatic carbocycles. The smallest absolute Gasteiger partial charge is 0.128 e. The van der Waals surface area contributed by atoms with Gasteiger partial charge < -0.3 is 0 Å². The van der Waals surface area contributed by atoms with Crippen LogP contribution in [-0.4, -0.2) is 10.3 Å². The number of H-pyrrole nitrogens is 1. The molecule has 0 bridgehead atoms. The fraction of sp³-hybridized carbons (Fsp3) is 0.0476. The van der Waals surface area contributed by atoms with Gasteiger partial charge in [0.1, 0.15) is 0 Å². The second kappa shape index (κ2) is 7.42. The van der Waals surface area contributed by atoms with Crippen molar-refractivity contribution in [2.45, 2.75) is 6.16 Å². The molecule has 1 aromatic heterocycles. The molecule has 0 aliphatic heterocycles. The summed E-state index contributed by atoms with van der Waals surface area (Å²) in [5.41, 5.74) is 2.16. The highest BCUT2D eigenvalue weighted by atomic mass is 31.1. The summed E-state index contributed by atoms with van der Waals surface area (Å²) in [5, 5.41) is 10.4. The molecule has 4 aromatic rings. The molecular weight excluding hydrogens is 325 g/mol. The van der Waals surface area contributed by atoms with Crippen molar-refractivity contribution >= 4 is 18.5 Å². The standard InChI is InChI=1S/C21H18N3P/c1-4-10-19(11-5-1)24-16-18(22-23-24)17-25(20-12-6-2-7-13-20)21-14-8-3-9-15-21/h1-16H,17H2/p+1. The first-order valence-electron chi connectivity index (χ1n) is 8.29. The van der Waals surface area contributed by atoms with E-state index < -0.39 is 7.92 Å². The summed E-state index contributed by atoms with van der Waals surface area (Å²) in [4.78, 5) is 0. The summed E-state index contributed by atoms with van der Waals surface area (Å²) in [5.74, 6) is 0. The highest BCUT2D eigenvalue weighted by molar-refractivity contribution is 7.72. The van der Waals surface area contributed by atoms with Gasteiger partial charge in [0.2, 0.25) is 5.69 Å². The first kappa shape index (κ1) is 15.7. The Morgan fingerprint density at radius 1 is 0.720 bits per heavy atom. The number of nitrogens with one attached hydrogen (secondary N) is 1. The Kier molecular flexibility index (Phi) is 4.67. The Balaban J connectivity index is 1.65. The molecule has 0 saturated heterocycles. The minimum absolute atomic E-state index is 0.479. The lowest BCUT2D eigenvalue weighted by molar-refractivity contribution is -0.659. The van der Waals surface area contributed by atoms with Crippen LogP contribution in [0.2, 0.25) is 0 Å². The molecule has 1 N–H and O–H groups in total. The van der Waals surface area contributed by atoms with Gasteiger partial charge in [-0.15, -0.1) is 4.68 Å². The quantitative estimate of drug-likeness (QED) is 0.437. The highest BCUT2D eigenvalue weighted by Crippen LogP contribution is 2.36. The minimum Gasteiger partial charge on any atom is -0.128 e. The Bertz CT molecular complexity index is 882. The van der Waals surface area contributed by atoms with Crippen molar-refractivity contribution in [3.05, 3.63) is 103 Å². The Labute approximate surface area is 148 Å². The second-order valence-corrected chi connectivity index (χ2v) is 8.00. The van der Waals surface area contributed by atoms with Crippen LogP contribution in [0.15, 0.2) is 97.2 Å². The molecule has 0 atom stereocenters. The molecule has 4 rings (SSSR count). The number of aromatic amines is 1. The van der Waals surface area contributed by atoms with E-state index in [2.05, 4.69) is 89.3 Å². The van der Waals surface area contributed by atoms with Crippen LogP contribution in [0.3, 0.4) is 0 Å². The zero-order valence-corrected chi connectivity index (χ0v) is 14.7. The fourth-order valence-corrected chi connectivity index (χ4v) is 5.04. The number of para-hydroxylation sites is 1. The number of hydrogen-bond donors (Lipinski definition) is 1. The van der Waals surface area contributed by atoms with Gasteiger partial charge in [0.15, 0.2) is 11.9 Å². The molecule has 3 aromatic carbocycles. The van der Waals surface area contributed by atoms with Crippen LogP contribution >= 0.6 is 7.92 Å². The predicted octanol–water partition coefficient (Wildman–Crippen LogP) is 3.32. The zero-order valence-electron chi connectivity index (χ0n) is 13.8. The van der Waals surface area contributed by atoms with Crippen LogP contribution in [0, 0.1) is 0 Å². The van der Waals surface area contributed by atoms with E-state index in [1.54, 1.807) is 0 Å². The van der Waals surface area contributed by atoms with Gasteiger partial charge in [0, 0.05) is 11.3 Å². The average molecular weight is 344 g/mol. The summed E-state index contributed by atoms with van der Waals surface area (Å²) in [6, 6.07) is 31.7. The topological polar surface area (TPSA) is 32.6 Å². The lowest BCUT2D eigenvalue weighted by Crippen LogP contribution is -2.31. The predicted molar refractivity (Wildman–Crippen MR) is 103 cm³/mol. The molecule has 0 spiro atoms. The SMILES string of the molecule is c1ccc(-[n+]2cc(CP(c3ccccc3)c3ccccc3)n[nH]2)cc1. The summed E-state index contributed by atoms with van der Waals surface area (Å²) in [7, 11) is -0.479. The third-order valence-electron chi connectivity index (χ3n) is 4.07. The molecule has 3 nitrogen and oxygen atoms in total. The van der Waals surface area contributed by atoms with Crippen molar-refractivity contribution < 1.29 is 4.68 Å². The van der Waals surface area contributed by atoms with Crippen molar-refractivity contribution in [3.8, 4) is 5.69 Å². The van der Waals surface area contributed by atoms with Gasteiger partial charge >= 0.3 is 0 Å². The third-order valence-corrected chi connectivity index (χ3v) is 6.55. The van der Waals surface area contributed by atoms with Crippen molar-refractivity contribution in [3.63, 3.8) is 0 Å². The van der Waals surface area contributed by atoms with Gasteiger partial charge in [0.05, 0.1) is 0 Å². The van der Waals surface area contributed by atoms with Crippen molar-refractivity contribution in [1.82, 2.24) is 10.3 Å². The molecule has 122 valence electrons. The molecule has 0 fully saturated rings. The Morgan fingerprint density at radius 3 is 1.80 bits per heavy atom. The number of aromatic nitrogens is 3. The maximum atomic E-state index is 4.54. The second-order valence-electron chi connectivity index (χ2n) is 5.80. The fourth-order valence-electron chi connectivity index (χ4n) is 2.83. The van der Waals surface area contributed by atoms with Gasteiger partial charge in [-0.05, 0) is 30.7 Å². The molecule has 1 heterocycles. The van der Waals surface area contributed by atoms with E-state index in [9.17, 15) is 0 Å². The lowest BCUT2D eigenvalue weighted by Gasteiger charge is -2.16. The van der Waals surface area contributed by atoms with E-state index in [1.165, 1.54) is 10.6 Å². The van der Waals surface area contributed by atoms with Crippen LogP contribution in [-0.2, 0) is 6.16 Å². The normalized spacial score (nSPS) is 10.9. The van der Waals surface area contributed by atoms with E-state index in [-0.39, 0.29) is 0 Å². The van der Waals surface area contributed by atoms with Crippen LogP contribution < -0.4 is 15.3 Å². The molecular formula is C21H19N3P+. The maximum Gasteiger partial charge on any atom is 0.223 e. The van der Waals surface area contributed by atoms with E-state index >= 15 is 0 Å². The van der Waals surface area contributed by atoms with Gasteiger partial charge in [-0.25, -0.2) is 0 Å². The van der Waals surface area contributed by atoms with Crippen molar-refractivity contribution in [1.29, 1.82) is 0 Å². The largest absolute Gasteiger partial charge is 0.223 e. The molecule has 0 unspecified atom stereocenters. The summed E-state index contributed by atoms with van der Waals surface area (Å²) >= 11 is 0. The molecule has 0 radical (unpaired) electrons. The molecule has 25 heavy (non-hydrogen) atoms. The highest BCUT2D eigenvalue weighted by Gasteiger charge is 2.20. The van der Waals surface area contributed by atoms with Crippen molar-refractivity contribution in [2.75, 3.05) is 0 Å². The summed E-state index contributed by atoms with van der Waals surface area (Å²) in [6.45, 7) is 0. The van der Waals surface area contributed by atoms with Crippen LogP contribution in [0.4, 0.5) is 0 Å². The number of rotatable bonds is 5. The first-order valence-corrected chi connectivity index (χ1v) is 9.82. The maximum absolute atomic E-state index is 4.54. The van der Waals surface area contributed by atoms with E-state index in [0.717, 1.165) is 17.5 Å².